The molecule has 22 heavy (non-hydrogen) atoms. The van der Waals surface area contributed by atoms with Crippen LogP contribution in [0.1, 0.15) is 6.42 Å². The third kappa shape index (κ3) is 6.93. The fourth-order valence-electron chi connectivity index (χ4n) is 1.51. The normalized spacial score (nSPS) is 9.95. The number of ether oxygens (including phenoxy) is 2. The van der Waals surface area contributed by atoms with Crippen LogP contribution < -0.4 is 15.5 Å². The minimum Gasteiger partial charge on any atom is -0.482 e. The highest BCUT2D eigenvalue weighted by Gasteiger charge is 2.09. The molecule has 2 N–H and O–H groups in total. The number of halogens is 1. The number of para-hydroxylation sites is 1. The summed E-state index contributed by atoms with van der Waals surface area (Å²) in [6.45, 7) is 1.17. The molecule has 0 aliphatic rings. The van der Waals surface area contributed by atoms with Crippen molar-refractivity contribution in [3.63, 3.8) is 0 Å². The summed E-state index contributed by atoms with van der Waals surface area (Å²) in [6, 6.07) is 6.96. The molecule has 6 nitrogen and oxygen atoms in total. The molecule has 0 unspecified atom stereocenters. The van der Waals surface area contributed by atoms with E-state index in [2.05, 4.69) is 10.7 Å². The Morgan fingerprint density at radius 1 is 1.41 bits per heavy atom. The van der Waals surface area contributed by atoms with E-state index in [1.54, 1.807) is 38.4 Å². The van der Waals surface area contributed by atoms with Gasteiger partial charge in [-0.05, 0) is 30.8 Å². The van der Waals surface area contributed by atoms with Crippen molar-refractivity contribution in [1.29, 1.82) is 0 Å². The molecule has 0 fully saturated rings. The van der Waals surface area contributed by atoms with Crippen molar-refractivity contribution in [3.8, 4) is 5.75 Å². The van der Waals surface area contributed by atoms with Crippen molar-refractivity contribution in [2.75, 3.05) is 33.9 Å². The molecular weight excluding hydrogens is 326 g/mol. The summed E-state index contributed by atoms with van der Waals surface area (Å²) in [4.78, 5) is 11.8. The molecule has 1 aromatic carbocycles. The Balaban J connectivity index is 2.29. The van der Waals surface area contributed by atoms with Crippen LogP contribution in [0, 0.1) is 0 Å². The lowest BCUT2D eigenvalue weighted by atomic mass is 10.3. The van der Waals surface area contributed by atoms with Gasteiger partial charge in [-0.2, -0.15) is 0 Å². The Labute approximate surface area is 140 Å². The molecule has 0 saturated carbocycles. The fourth-order valence-corrected chi connectivity index (χ4v) is 1.84. The zero-order valence-electron chi connectivity index (χ0n) is 12.6. The van der Waals surface area contributed by atoms with Gasteiger partial charge in [0, 0.05) is 27.3 Å². The first-order valence-electron chi connectivity index (χ1n) is 6.72. The van der Waals surface area contributed by atoms with Crippen LogP contribution in [-0.4, -0.2) is 49.9 Å². The van der Waals surface area contributed by atoms with E-state index in [0.717, 1.165) is 6.42 Å². The quantitative estimate of drug-likeness (QED) is 0.444. The first-order valence-corrected chi connectivity index (χ1v) is 7.50. The van der Waals surface area contributed by atoms with E-state index in [1.807, 2.05) is 0 Å². The smallest absolute Gasteiger partial charge is 0.276 e. The van der Waals surface area contributed by atoms with Gasteiger partial charge in [-0.1, -0.05) is 23.7 Å². The summed E-state index contributed by atoms with van der Waals surface area (Å²) in [7, 11) is 3.29. The summed E-state index contributed by atoms with van der Waals surface area (Å²) < 4.78 is 10.3. The molecule has 0 aliphatic carbocycles. The van der Waals surface area contributed by atoms with Crippen LogP contribution in [0.2, 0.25) is 5.02 Å². The van der Waals surface area contributed by atoms with Gasteiger partial charge in [-0.15, -0.1) is 0 Å². The second-order valence-electron chi connectivity index (χ2n) is 4.39. The van der Waals surface area contributed by atoms with Gasteiger partial charge in [0.05, 0.1) is 5.02 Å². The molecule has 0 bridgehead atoms. The number of methoxy groups -OCH3 is 1. The maximum absolute atomic E-state index is 11.8. The Morgan fingerprint density at radius 3 is 2.82 bits per heavy atom. The fraction of sp³-hybridized carbons (Fsp3) is 0.429. The Hall–Kier alpha value is -1.57. The minimum atomic E-state index is -0.330. The molecule has 0 heterocycles. The van der Waals surface area contributed by atoms with Gasteiger partial charge in [0.1, 0.15) is 5.75 Å². The molecule has 122 valence electrons. The maximum atomic E-state index is 11.8. The standard InChI is InChI=1S/C14H20ClN3O3S/c1-18(14(22)16-8-5-9-20-2)17-13(19)10-21-12-7-4-3-6-11(12)15/h3-4,6-7H,5,8-10H2,1-2H3,(H,16,22)(H,17,19). The van der Waals surface area contributed by atoms with E-state index in [-0.39, 0.29) is 12.5 Å². The molecule has 8 heteroatoms. The summed E-state index contributed by atoms with van der Waals surface area (Å²) in [5.41, 5.74) is 2.60. The average molecular weight is 346 g/mol. The number of benzene rings is 1. The highest BCUT2D eigenvalue weighted by molar-refractivity contribution is 7.80. The van der Waals surface area contributed by atoms with Crippen LogP contribution in [-0.2, 0) is 9.53 Å². The summed E-state index contributed by atoms with van der Waals surface area (Å²) in [5.74, 6) is 0.130. The van der Waals surface area contributed by atoms with Gasteiger partial charge in [0.25, 0.3) is 5.91 Å². The highest BCUT2D eigenvalue weighted by atomic mass is 35.5. The number of hydrogen-bond acceptors (Lipinski definition) is 4. The molecule has 1 amide bonds. The third-order valence-corrected chi connectivity index (χ3v) is 3.32. The van der Waals surface area contributed by atoms with Gasteiger partial charge in [-0.3, -0.25) is 15.2 Å². The van der Waals surface area contributed by atoms with E-state index in [1.165, 1.54) is 5.01 Å². The number of nitrogens with one attached hydrogen (secondary N) is 2. The number of nitrogens with zero attached hydrogens (tertiary/aromatic N) is 1. The zero-order chi connectivity index (χ0) is 16.4. The molecule has 0 aliphatic heterocycles. The summed E-state index contributed by atoms with van der Waals surface area (Å²) in [6.07, 6.45) is 0.827. The van der Waals surface area contributed by atoms with Gasteiger partial charge in [0.2, 0.25) is 0 Å². The lowest BCUT2D eigenvalue weighted by molar-refractivity contribution is -0.126. The van der Waals surface area contributed by atoms with Crippen molar-refractivity contribution in [2.24, 2.45) is 0 Å². The number of carbonyl (C=O) groups excluding carboxylic acids is 1. The molecule has 1 aromatic rings. The van der Waals surface area contributed by atoms with Gasteiger partial charge in [-0.25, -0.2) is 0 Å². The zero-order valence-corrected chi connectivity index (χ0v) is 14.2. The van der Waals surface area contributed by atoms with Crippen LogP contribution in [0.4, 0.5) is 0 Å². The van der Waals surface area contributed by atoms with E-state index >= 15 is 0 Å². The van der Waals surface area contributed by atoms with Gasteiger partial charge >= 0.3 is 0 Å². The molecule has 0 spiro atoms. The summed E-state index contributed by atoms with van der Waals surface area (Å²) in [5, 5.41) is 5.31. The monoisotopic (exact) mass is 345 g/mol. The molecule has 0 aromatic heterocycles. The highest BCUT2D eigenvalue weighted by Crippen LogP contribution is 2.22. The number of carbonyl (C=O) groups is 1. The van der Waals surface area contributed by atoms with Crippen LogP contribution in [0.25, 0.3) is 0 Å². The van der Waals surface area contributed by atoms with Crippen molar-refractivity contribution in [3.05, 3.63) is 29.3 Å². The number of hydrazine groups is 1. The van der Waals surface area contributed by atoms with E-state index < -0.39 is 0 Å². The molecule has 0 saturated heterocycles. The third-order valence-electron chi connectivity index (χ3n) is 2.59. The van der Waals surface area contributed by atoms with Gasteiger partial charge < -0.3 is 14.8 Å². The largest absolute Gasteiger partial charge is 0.482 e. The Bertz CT molecular complexity index is 502. The SMILES string of the molecule is COCCCNC(=S)N(C)NC(=O)COc1ccccc1Cl. The number of rotatable bonds is 7. The predicted molar refractivity (Wildman–Crippen MR) is 89.9 cm³/mol. The maximum Gasteiger partial charge on any atom is 0.276 e. The van der Waals surface area contributed by atoms with E-state index in [4.69, 9.17) is 33.3 Å². The second kappa shape index (κ2) is 10.2. The van der Waals surface area contributed by atoms with Crippen LogP contribution in [0.3, 0.4) is 0 Å². The van der Waals surface area contributed by atoms with Crippen LogP contribution in [0.15, 0.2) is 24.3 Å². The first-order chi connectivity index (χ1) is 10.5. The minimum absolute atomic E-state index is 0.152. The van der Waals surface area contributed by atoms with Crippen molar-refractivity contribution in [2.45, 2.75) is 6.42 Å². The van der Waals surface area contributed by atoms with Crippen LogP contribution >= 0.6 is 23.8 Å². The second-order valence-corrected chi connectivity index (χ2v) is 5.19. The lowest BCUT2D eigenvalue weighted by Crippen LogP contribution is -2.49. The Morgan fingerprint density at radius 2 is 2.14 bits per heavy atom. The molecular formula is C14H20ClN3O3S. The van der Waals surface area contributed by atoms with E-state index in [0.29, 0.717) is 29.0 Å². The van der Waals surface area contributed by atoms with E-state index in [9.17, 15) is 4.79 Å². The predicted octanol–water partition coefficient (Wildman–Crippen LogP) is 1.59. The number of thiocarbonyl (C=S) groups is 1. The van der Waals surface area contributed by atoms with Crippen molar-refractivity contribution < 1.29 is 14.3 Å². The first kappa shape index (κ1) is 18.5. The lowest BCUT2D eigenvalue weighted by Gasteiger charge is -2.21. The number of amides is 1. The molecule has 0 radical (unpaired) electrons. The van der Waals surface area contributed by atoms with Gasteiger partial charge in [0.15, 0.2) is 11.7 Å². The summed E-state index contributed by atoms with van der Waals surface area (Å²) >= 11 is 11.1. The van der Waals surface area contributed by atoms with Crippen LogP contribution in [0.5, 0.6) is 5.75 Å². The van der Waals surface area contributed by atoms with Crippen molar-refractivity contribution in [1.82, 2.24) is 15.8 Å². The topological polar surface area (TPSA) is 62.8 Å². The molecule has 1 rings (SSSR count). The number of hydrogen-bond donors (Lipinski definition) is 2. The molecule has 0 atom stereocenters. The van der Waals surface area contributed by atoms with Crippen molar-refractivity contribution >= 4 is 34.8 Å². The average Bonchev–Trinajstić information content (AvgIpc) is 2.50. The Kier molecular flexibility index (Phi) is 8.57.